The lowest BCUT2D eigenvalue weighted by atomic mass is 10.0. The SMILES string of the molecule is CN(C)C(=O)CN1C[C@@H]2CN(Cc3ccsc3)C[C@@H]2C1=O.O=C(O)C(F)(F)F. The molecule has 0 aliphatic carbocycles. The zero-order valence-electron chi connectivity index (χ0n) is 15.5. The molecular formula is C17H22F3N3O4S. The number of amides is 2. The summed E-state index contributed by atoms with van der Waals surface area (Å²) < 4.78 is 31.7. The third-order valence-electron chi connectivity index (χ3n) is 4.65. The lowest BCUT2D eigenvalue weighted by Crippen LogP contribution is -2.40. The molecule has 11 heteroatoms. The molecule has 2 aliphatic rings. The average Bonchev–Trinajstić information content (AvgIpc) is 3.28. The monoisotopic (exact) mass is 421 g/mol. The van der Waals surface area contributed by atoms with E-state index < -0.39 is 12.1 Å². The van der Waals surface area contributed by atoms with Crippen LogP contribution in [0.15, 0.2) is 16.8 Å². The molecule has 0 aromatic carbocycles. The van der Waals surface area contributed by atoms with Gasteiger partial charge in [-0.1, -0.05) is 0 Å². The van der Waals surface area contributed by atoms with E-state index in [1.54, 1.807) is 35.2 Å². The number of likely N-dealkylation sites (N-methyl/N-ethyl adjacent to an activating group) is 1. The van der Waals surface area contributed by atoms with Crippen LogP contribution in [0.1, 0.15) is 5.56 Å². The molecule has 156 valence electrons. The third kappa shape index (κ3) is 5.68. The molecule has 0 saturated carbocycles. The van der Waals surface area contributed by atoms with Gasteiger partial charge in [0.1, 0.15) is 0 Å². The standard InChI is InChI=1S/C15H21N3O2S.C2HF3O2/c1-16(2)14(19)9-18-7-12-6-17(8-13(12)15(18)20)5-11-3-4-21-10-11;3-2(4,5)1(6)7/h3-4,10,12-13H,5-9H2,1-2H3;(H,6,7)/t12-,13-;/m0./s1. The van der Waals surface area contributed by atoms with Crippen LogP contribution in [-0.2, 0) is 20.9 Å². The van der Waals surface area contributed by atoms with Gasteiger partial charge in [0, 0.05) is 46.2 Å². The number of alkyl halides is 3. The summed E-state index contributed by atoms with van der Waals surface area (Å²) in [4.78, 5) is 38.7. The average molecular weight is 421 g/mol. The molecule has 0 spiro atoms. The van der Waals surface area contributed by atoms with Crippen molar-refractivity contribution in [1.29, 1.82) is 0 Å². The maximum absolute atomic E-state index is 12.4. The van der Waals surface area contributed by atoms with Crippen molar-refractivity contribution in [2.24, 2.45) is 11.8 Å². The van der Waals surface area contributed by atoms with E-state index >= 15 is 0 Å². The van der Waals surface area contributed by atoms with Crippen molar-refractivity contribution in [3.63, 3.8) is 0 Å². The number of likely N-dealkylation sites (tertiary alicyclic amines) is 2. The van der Waals surface area contributed by atoms with Crippen LogP contribution >= 0.6 is 11.3 Å². The zero-order chi connectivity index (χ0) is 21.1. The number of carboxylic acids is 1. The highest BCUT2D eigenvalue weighted by Crippen LogP contribution is 2.33. The van der Waals surface area contributed by atoms with E-state index in [0.717, 1.165) is 26.2 Å². The van der Waals surface area contributed by atoms with Crippen LogP contribution in [0.2, 0.25) is 0 Å². The van der Waals surface area contributed by atoms with Crippen LogP contribution in [0.25, 0.3) is 0 Å². The third-order valence-corrected chi connectivity index (χ3v) is 5.39. The number of carboxylic acid groups (broad SMARTS) is 1. The van der Waals surface area contributed by atoms with Crippen molar-refractivity contribution >= 4 is 29.1 Å². The normalized spacial score (nSPS) is 21.9. The van der Waals surface area contributed by atoms with Gasteiger partial charge in [-0.25, -0.2) is 4.79 Å². The smallest absolute Gasteiger partial charge is 0.475 e. The quantitative estimate of drug-likeness (QED) is 0.794. The first-order valence-electron chi connectivity index (χ1n) is 8.51. The summed E-state index contributed by atoms with van der Waals surface area (Å²) >= 11 is 1.71. The molecule has 3 heterocycles. The highest BCUT2D eigenvalue weighted by Gasteiger charge is 2.46. The number of fused-ring (bicyclic) bond motifs is 1. The van der Waals surface area contributed by atoms with Gasteiger partial charge in [0.05, 0.1) is 12.5 Å². The Morgan fingerprint density at radius 1 is 1.29 bits per heavy atom. The number of aliphatic carboxylic acids is 1. The second-order valence-electron chi connectivity index (χ2n) is 7.00. The first-order valence-corrected chi connectivity index (χ1v) is 9.45. The Labute approximate surface area is 164 Å². The zero-order valence-corrected chi connectivity index (χ0v) is 16.3. The molecule has 2 atom stereocenters. The topological polar surface area (TPSA) is 81.2 Å². The fraction of sp³-hybridized carbons (Fsp3) is 0.588. The molecule has 1 aromatic heterocycles. The molecule has 2 aliphatic heterocycles. The van der Waals surface area contributed by atoms with Crippen molar-refractivity contribution < 1.29 is 32.7 Å². The fourth-order valence-electron chi connectivity index (χ4n) is 3.25. The Kier molecular flexibility index (Phi) is 7.05. The number of rotatable bonds is 4. The van der Waals surface area contributed by atoms with Gasteiger partial charge in [0.15, 0.2) is 0 Å². The minimum Gasteiger partial charge on any atom is -0.475 e. The molecule has 7 nitrogen and oxygen atoms in total. The van der Waals surface area contributed by atoms with E-state index in [-0.39, 0.29) is 24.3 Å². The minimum atomic E-state index is -5.08. The molecule has 28 heavy (non-hydrogen) atoms. The van der Waals surface area contributed by atoms with Crippen molar-refractivity contribution in [2.75, 3.05) is 40.3 Å². The second-order valence-corrected chi connectivity index (χ2v) is 7.78. The Morgan fingerprint density at radius 3 is 2.39 bits per heavy atom. The molecule has 1 aromatic rings. The number of carbonyl (C=O) groups excluding carboxylic acids is 2. The predicted molar refractivity (Wildman–Crippen MR) is 95.5 cm³/mol. The maximum Gasteiger partial charge on any atom is 0.490 e. The van der Waals surface area contributed by atoms with E-state index in [1.165, 1.54) is 5.56 Å². The van der Waals surface area contributed by atoms with Crippen LogP contribution in [0, 0.1) is 11.8 Å². The van der Waals surface area contributed by atoms with E-state index in [4.69, 9.17) is 9.90 Å². The number of halogens is 3. The molecule has 1 N–H and O–H groups in total. The van der Waals surface area contributed by atoms with E-state index in [9.17, 15) is 22.8 Å². The van der Waals surface area contributed by atoms with Crippen molar-refractivity contribution in [3.8, 4) is 0 Å². The van der Waals surface area contributed by atoms with E-state index in [1.807, 2.05) is 0 Å². The Balaban J connectivity index is 0.000000345. The van der Waals surface area contributed by atoms with Gasteiger partial charge in [-0.05, 0) is 22.4 Å². The van der Waals surface area contributed by atoms with Crippen LogP contribution < -0.4 is 0 Å². The Morgan fingerprint density at radius 2 is 1.93 bits per heavy atom. The number of hydrogen-bond donors (Lipinski definition) is 1. The van der Waals surface area contributed by atoms with Crippen LogP contribution in [0.4, 0.5) is 13.2 Å². The van der Waals surface area contributed by atoms with Crippen molar-refractivity contribution in [1.82, 2.24) is 14.7 Å². The molecule has 2 saturated heterocycles. The molecule has 0 radical (unpaired) electrons. The summed E-state index contributed by atoms with van der Waals surface area (Å²) in [5.41, 5.74) is 1.33. The number of nitrogens with zero attached hydrogens (tertiary/aromatic N) is 3. The summed E-state index contributed by atoms with van der Waals surface area (Å²) in [5.74, 6) is -2.14. The summed E-state index contributed by atoms with van der Waals surface area (Å²) in [6.45, 7) is 3.66. The van der Waals surface area contributed by atoms with Gasteiger partial charge in [-0.15, -0.1) is 0 Å². The van der Waals surface area contributed by atoms with Crippen molar-refractivity contribution in [3.05, 3.63) is 22.4 Å². The minimum absolute atomic E-state index is 0.00143. The largest absolute Gasteiger partial charge is 0.490 e. The van der Waals surface area contributed by atoms with Gasteiger partial charge in [-0.3, -0.25) is 14.5 Å². The van der Waals surface area contributed by atoms with E-state index in [0.29, 0.717) is 5.92 Å². The van der Waals surface area contributed by atoms with Gasteiger partial charge in [-0.2, -0.15) is 24.5 Å². The van der Waals surface area contributed by atoms with Gasteiger partial charge in [0.25, 0.3) is 0 Å². The fourth-order valence-corrected chi connectivity index (χ4v) is 3.91. The Bertz CT molecular complexity index is 709. The van der Waals surface area contributed by atoms with Crippen LogP contribution in [-0.4, -0.2) is 84.0 Å². The molecule has 0 bridgehead atoms. The van der Waals surface area contributed by atoms with Gasteiger partial charge in [0.2, 0.25) is 11.8 Å². The predicted octanol–water partition coefficient (Wildman–Crippen LogP) is 1.36. The Hall–Kier alpha value is -2.14. The molecular weight excluding hydrogens is 399 g/mol. The summed E-state index contributed by atoms with van der Waals surface area (Å²) in [6, 6.07) is 2.14. The number of thiophene rings is 1. The van der Waals surface area contributed by atoms with Crippen LogP contribution in [0.3, 0.4) is 0 Å². The lowest BCUT2D eigenvalue weighted by Gasteiger charge is -2.22. The highest BCUT2D eigenvalue weighted by atomic mass is 32.1. The number of carbonyl (C=O) groups is 3. The first kappa shape index (κ1) is 22.2. The molecule has 2 fully saturated rings. The molecule has 2 amide bonds. The van der Waals surface area contributed by atoms with Gasteiger partial charge >= 0.3 is 12.1 Å². The summed E-state index contributed by atoms with van der Waals surface area (Å²) in [6.07, 6.45) is -5.08. The van der Waals surface area contributed by atoms with Gasteiger partial charge < -0.3 is 14.9 Å². The maximum atomic E-state index is 12.4. The second kappa shape index (κ2) is 8.91. The molecule has 3 rings (SSSR count). The number of hydrogen-bond acceptors (Lipinski definition) is 5. The summed E-state index contributed by atoms with van der Waals surface area (Å²) in [7, 11) is 3.46. The van der Waals surface area contributed by atoms with Crippen LogP contribution in [0.5, 0.6) is 0 Å². The lowest BCUT2D eigenvalue weighted by molar-refractivity contribution is -0.192. The van der Waals surface area contributed by atoms with Crippen molar-refractivity contribution in [2.45, 2.75) is 12.7 Å². The molecule has 0 unspecified atom stereocenters. The highest BCUT2D eigenvalue weighted by molar-refractivity contribution is 7.07. The summed E-state index contributed by atoms with van der Waals surface area (Å²) in [5, 5.41) is 11.4. The first-order chi connectivity index (χ1) is 13.0. The van der Waals surface area contributed by atoms with E-state index in [2.05, 4.69) is 21.7 Å².